The molecule has 1 amide bonds. The Hall–Kier alpha value is -2.15. The molecule has 0 bridgehead atoms. The predicted molar refractivity (Wildman–Crippen MR) is 98.5 cm³/mol. The Balaban J connectivity index is 1.96. The predicted octanol–water partition coefficient (Wildman–Crippen LogP) is 4.82. The number of halogens is 1. The SMILES string of the molecule is Cc1cc(I)ccc1NC(=O)c1c(-c2ccccc2)noc1C. The van der Waals surface area contributed by atoms with Crippen LogP contribution in [0.3, 0.4) is 0 Å². The van der Waals surface area contributed by atoms with E-state index in [4.69, 9.17) is 4.52 Å². The number of carbonyl (C=O) groups is 1. The average Bonchev–Trinajstić information content (AvgIpc) is 2.93. The molecule has 0 aliphatic carbocycles. The number of carbonyl (C=O) groups excluding carboxylic acids is 1. The van der Waals surface area contributed by atoms with Crippen molar-refractivity contribution in [1.29, 1.82) is 0 Å². The van der Waals surface area contributed by atoms with Crippen molar-refractivity contribution in [3.63, 3.8) is 0 Å². The van der Waals surface area contributed by atoms with Gasteiger partial charge in [0.15, 0.2) is 0 Å². The number of aryl methyl sites for hydroxylation is 2. The zero-order chi connectivity index (χ0) is 16.4. The first kappa shape index (κ1) is 15.7. The van der Waals surface area contributed by atoms with Crippen LogP contribution in [-0.2, 0) is 0 Å². The van der Waals surface area contributed by atoms with Crippen molar-refractivity contribution in [3.05, 3.63) is 69.0 Å². The number of rotatable bonds is 3. The van der Waals surface area contributed by atoms with Crippen molar-refractivity contribution in [2.45, 2.75) is 13.8 Å². The molecule has 2 aromatic carbocycles. The van der Waals surface area contributed by atoms with Crippen molar-refractivity contribution in [2.75, 3.05) is 5.32 Å². The minimum Gasteiger partial charge on any atom is -0.360 e. The highest BCUT2D eigenvalue weighted by atomic mass is 127. The van der Waals surface area contributed by atoms with Gasteiger partial charge in [-0.05, 0) is 60.2 Å². The lowest BCUT2D eigenvalue weighted by molar-refractivity contribution is 0.102. The van der Waals surface area contributed by atoms with E-state index in [0.717, 1.165) is 20.4 Å². The van der Waals surface area contributed by atoms with Gasteiger partial charge in [-0.15, -0.1) is 0 Å². The lowest BCUT2D eigenvalue weighted by Crippen LogP contribution is -2.14. The number of anilines is 1. The second kappa shape index (κ2) is 6.54. The van der Waals surface area contributed by atoms with Gasteiger partial charge in [-0.2, -0.15) is 0 Å². The van der Waals surface area contributed by atoms with Crippen molar-refractivity contribution >= 4 is 34.2 Å². The van der Waals surface area contributed by atoms with E-state index in [1.807, 2.05) is 55.5 Å². The van der Waals surface area contributed by atoms with Gasteiger partial charge in [-0.1, -0.05) is 35.5 Å². The Kier molecular flexibility index (Phi) is 4.47. The van der Waals surface area contributed by atoms with E-state index >= 15 is 0 Å². The molecule has 1 heterocycles. The summed E-state index contributed by atoms with van der Waals surface area (Å²) in [5.74, 6) is 0.288. The fourth-order valence-electron chi connectivity index (χ4n) is 2.38. The van der Waals surface area contributed by atoms with E-state index in [1.165, 1.54) is 0 Å². The Bertz CT molecular complexity index is 857. The van der Waals surface area contributed by atoms with Crippen LogP contribution < -0.4 is 5.32 Å². The third-order valence-corrected chi connectivity index (χ3v) is 4.24. The number of amides is 1. The maximum absolute atomic E-state index is 12.7. The molecule has 0 spiro atoms. The third-order valence-electron chi connectivity index (χ3n) is 3.57. The smallest absolute Gasteiger partial charge is 0.261 e. The van der Waals surface area contributed by atoms with E-state index in [2.05, 4.69) is 33.1 Å². The molecule has 4 nitrogen and oxygen atoms in total. The van der Waals surface area contributed by atoms with Crippen molar-refractivity contribution in [2.24, 2.45) is 0 Å². The molecule has 0 atom stereocenters. The molecule has 0 radical (unpaired) electrons. The van der Waals surface area contributed by atoms with Crippen LogP contribution >= 0.6 is 22.6 Å². The average molecular weight is 418 g/mol. The van der Waals surface area contributed by atoms with Gasteiger partial charge in [0.05, 0.1) is 0 Å². The number of nitrogens with zero attached hydrogens (tertiary/aromatic N) is 1. The molecule has 5 heteroatoms. The van der Waals surface area contributed by atoms with Gasteiger partial charge in [-0.25, -0.2) is 0 Å². The highest BCUT2D eigenvalue weighted by Gasteiger charge is 2.21. The first-order valence-electron chi connectivity index (χ1n) is 7.15. The minimum atomic E-state index is -0.216. The largest absolute Gasteiger partial charge is 0.360 e. The van der Waals surface area contributed by atoms with Gasteiger partial charge < -0.3 is 9.84 Å². The highest BCUT2D eigenvalue weighted by molar-refractivity contribution is 14.1. The molecule has 23 heavy (non-hydrogen) atoms. The maximum Gasteiger partial charge on any atom is 0.261 e. The molecule has 3 rings (SSSR count). The van der Waals surface area contributed by atoms with E-state index in [0.29, 0.717) is 17.0 Å². The maximum atomic E-state index is 12.7. The van der Waals surface area contributed by atoms with Crippen LogP contribution in [0.4, 0.5) is 5.69 Å². The molecular formula is C18H15IN2O2. The summed E-state index contributed by atoms with van der Waals surface area (Å²) in [7, 11) is 0. The summed E-state index contributed by atoms with van der Waals surface area (Å²) in [5, 5.41) is 7.00. The fourth-order valence-corrected chi connectivity index (χ4v) is 3.03. The Morgan fingerprint density at radius 1 is 1.13 bits per heavy atom. The van der Waals surface area contributed by atoms with Gasteiger partial charge in [0.25, 0.3) is 5.91 Å². The third kappa shape index (κ3) is 3.29. The summed E-state index contributed by atoms with van der Waals surface area (Å²) in [6.45, 7) is 3.71. The van der Waals surface area contributed by atoms with Crippen molar-refractivity contribution < 1.29 is 9.32 Å². The van der Waals surface area contributed by atoms with Crippen molar-refractivity contribution in [1.82, 2.24) is 5.16 Å². The van der Waals surface area contributed by atoms with E-state index in [-0.39, 0.29) is 5.91 Å². The standard InChI is InChI=1S/C18H15IN2O2/c1-11-10-14(19)8-9-15(11)20-18(22)16-12(2)23-21-17(16)13-6-4-3-5-7-13/h3-10H,1-2H3,(H,20,22). The van der Waals surface area contributed by atoms with Crippen LogP contribution in [-0.4, -0.2) is 11.1 Å². The Labute approximate surface area is 148 Å². The zero-order valence-corrected chi connectivity index (χ0v) is 14.9. The molecule has 0 saturated heterocycles. The second-order valence-corrected chi connectivity index (χ2v) is 6.49. The number of nitrogens with one attached hydrogen (secondary N) is 1. The first-order chi connectivity index (χ1) is 11.1. The highest BCUT2D eigenvalue weighted by Crippen LogP contribution is 2.26. The molecule has 0 fully saturated rings. The van der Waals surface area contributed by atoms with Gasteiger partial charge in [0.2, 0.25) is 0 Å². The summed E-state index contributed by atoms with van der Waals surface area (Å²) in [5.41, 5.74) is 3.68. The summed E-state index contributed by atoms with van der Waals surface area (Å²) in [6, 6.07) is 15.4. The molecule has 0 saturated carbocycles. The van der Waals surface area contributed by atoms with Gasteiger partial charge in [-0.3, -0.25) is 4.79 Å². The summed E-state index contributed by atoms with van der Waals surface area (Å²) >= 11 is 2.25. The quantitative estimate of drug-likeness (QED) is 0.621. The van der Waals surface area contributed by atoms with Crippen LogP contribution in [0.2, 0.25) is 0 Å². The molecule has 1 aromatic heterocycles. The normalized spacial score (nSPS) is 10.6. The molecule has 1 N–H and O–H groups in total. The number of hydrogen-bond donors (Lipinski definition) is 1. The number of benzene rings is 2. The van der Waals surface area contributed by atoms with Crippen LogP contribution in [0.15, 0.2) is 53.1 Å². The summed E-state index contributed by atoms with van der Waals surface area (Å²) in [6.07, 6.45) is 0. The van der Waals surface area contributed by atoms with E-state index in [1.54, 1.807) is 6.92 Å². The zero-order valence-electron chi connectivity index (χ0n) is 12.8. The monoisotopic (exact) mass is 418 g/mol. The Morgan fingerprint density at radius 3 is 2.57 bits per heavy atom. The van der Waals surface area contributed by atoms with Gasteiger partial charge >= 0.3 is 0 Å². The molecule has 116 valence electrons. The van der Waals surface area contributed by atoms with E-state index in [9.17, 15) is 4.79 Å². The second-order valence-electron chi connectivity index (χ2n) is 5.24. The minimum absolute atomic E-state index is 0.216. The number of aromatic nitrogens is 1. The summed E-state index contributed by atoms with van der Waals surface area (Å²) < 4.78 is 6.38. The van der Waals surface area contributed by atoms with Crippen LogP contribution in [0.5, 0.6) is 0 Å². The lowest BCUT2D eigenvalue weighted by Gasteiger charge is -2.09. The van der Waals surface area contributed by atoms with Crippen molar-refractivity contribution in [3.8, 4) is 11.3 Å². The van der Waals surface area contributed by atoms with Crippen LogP contribution in [0.25, 0.3) is 11.3 Å². The molecule has 0 unspecified atom stereocenters. The van der Waals surface area contributed by atoms with Crippen LogP contribution in [0, 0.1) is 17.4 Å². The topological polar surface area (TPSA) is 55.1 Å². The van der Waals surface area contributed by atoms with Crippen LogP contribution in [0.1, 0.15) is 21.7 Å². The number of hydrogen-bond acceptors (Lipinski definition) is 3. The molecule has 3 aromatic rings. The van der Waals surface area contributed by atoms with Gasteiger partial charge in [0, 0.05) is 14.8 Å². The molecular weight excluding hydrogens is 403 g/mol. The molecule has 0 aliphatic heterocycles. The van der Waals surface area contributed by atoms with Gasteiger partial charge in [0.1, 0.15) is 17.0 Å². The fraction of sp³-hybridized carbons (Fsp3) is 0.111. The summed E-state index contributed by atoms with van der Waals surface area (Å²) in [4.78, 5) is 12.7. The van der Waals surface area contributed by atoms with E-state index < -0.39 is 0 Å². The Morgan fingerprint density at radius 2 is 1.87 bits per heavy atom. The lowest BCUT2D eigenvalue weighted by atomic mass is 10.1. The first-order valence-corrected chi connectivity index (χ1v) is 8.23. The molecule has 0 aliphatic rings.